The van der Waals surface area contributed by atoms with Crippen LogP contribution in [-0.4, -0.2) is 36.2 Å². The SMILES string of the molecule is CC(=O)OC1CCC(C)=C[C@H]2OC(=O)[C@@H](C)[C@@H]2CC(OC(C)=O)C1C. The first kappa shape index (κ1) is 19.5. The maximum Gasteiger partial charge on any atom is 0.309 e. The van der Waals surface area contributed by atoms with Gasteiger partial charge in [-0.15, -0.1) is 0 Å². The molecule has 0 aromatic rings. The lowest BCUT2D eigenvalue weighted by molar-refractivity contribution is -0.160. The van der Waals surface area contributed by atoms with E-state index in [0.717, 1.165) is 12.0 Å². The van der Waals surface area contributed by atoms with Gasteiger partial charge in [-0.05, 0) is 32.3 Å². The fourth-order valence-corrected chi connectivity index (χ4v) is 3.75. The van der Waals surface area contributed by atoms with Gasteiger partial charge >= 0.3 is 17.9 Å². The third-order valence-electron chi connectivity index (χ3n) is 5.27. The van der Waals surface area contributed by atoms with E-state index in [0.29, 0.717) is 12.8 Å². The highest BCUT2D eigenvalue weighted by Gasteiger charge is 2.44. The number of carbonyl (C=O) groups excluding carboxylic acids is 3. The van der Waals surface area contributed by atoms with Crippen LogP contribution in [0.4, 0.5) is 0 Å². The predicted molar refractivity (Wildman–Crippen MR) is 90.4 cm³/mol. The fraction of sp³-hybridized carbons (Fsp3) is 0.737. The van der Waals surface area contributed by atoms with Gasteiger partial charge in [-0.3, -0.25) is 14.4 Å². The highest BCUT2D eigenvalue weighted by Crippen LogP contribution is 2.37. The molecule has 6 nitrogen and oxygen atoms in total. The molecule has 0 spiro atoms. The van der Waals surface area contributed by atoms with Crippen LogP contribution in [-0.2, 0) is 28.6 Å². The lowest BCUT2D eigenvalue weighted by Crippen LogP contribution is -2.39. The summed E-state index contributed by atoms with van der Waals surface area (Å²) in [5, 5.41) is 0. The molecule has 25 heavy (non-hydrogen) atoms. The van der Waals surface area contributed by atoms with Crippen molar-refractivity contribution in [1.82, 2.24) is 0 Å². The number of rotatable bonds is 2. The zero-order valence-corrected chi connectivity index (χ0v) is 15.6. The van der Waals surface area contributed by atoms with E-state index in [9.17, 15) is 14.4 Å². The Labute approximate surface area is 148 Å². The average molecular weight is 352 g/mol. The number of esters is 3. The molecule has 6 atom stereocenters. The van der Waals surface area contributed by atoms with Crippen molar-refractivity contribution in [3.05, 3.63) is 11.6 Å². The van der Waals surface area contributed by atoms with E-state index in [4.69, 9.17) is 14.2 Å². The maximum atomic E-state index is 12.0. The van der Waals surface area contributed by atoms with E-state index < -0.39 is 6.10 Å². The molecule has 2 rings (SSSR count). The van der Waals surface area contributed by atoms with E-state index in [-0.39, 0.29) is 47.9 Å². The Bertz CT molecular complexity index is 566. The van der Waals surface area contributed by atoms with Crippen LogP contribution in [0.15, 0.2) is 11.6 Å². The molecule has 3 unspecified atom stereocenters. The molecule has 0 amide bonds. The summed E-state index contributed by atoms with van der Waals surface area (Å²) in [6, 6.07) is 0. The second-order valence-electron chi connectivity index (χ2n) is 7.30. The third kappa shape index (κ3) is 4.83. The Morgan fingerprint density at radius 1 is 1.12 bits per heavy atom. The normalized spacial score (nSPS) is 35.9. The van der Waals surface area contributed by atoms with Crippen molar-refractivity contribution in [3.8, 4) is 0 Å². The van der Waals surface area contributed by atoms with Gasteiger partial charge in [0.15, 0.2) is 0 Å². The first-order chi connectivity index (χ1) is 11.7. The summed E-state index contributed by atoms with van der Waals surface area (Å²) in [6.45, 7) is 8.53. The minimum atomic E-state index is -0.432. The summed E-state index contributed by atoms with van der Waals surface area (Å²) in [5.41, 5.74) is 1.10. The Hall–Kier alpha value is -1.85. The lowest BCUT2D eigenvalue weighted by Gasteiger charge is -2.33. The molecule has 0 aromatic heterocycles. The van der Waals surface area contributed by atoms with Gasteiger partial charge < -0.3 is 14.2 Å². The summed E-state index contributed by atoms with van der Waals surface area (Å²) in [6.07, 6.45) is 2.79. The van der Waals surface area contributed by atoms with Crippen molar-refractivity contribution in [2.45, 2.75) is 72.2 Å². The number of hydrogen-bond acceptors (Lipinski definition) is 6. The Morgan fingerprint density at radius 2 is 1.72 bits per heavy atom. The Kier molecular flexibility index (Phi) is 6.25. The van der Waals surface area contributed by atoms with Gasteiger partial charge in [-0.1, -0.05) is 19.4 Å². The summed E-state index contributed by atoms with van der Waals surface area (Å²) >= 11 is 0. The van der Waals surface area contributed by atoms with Gasteiger partial charge in [0, 0.05) is 25.7 Å². The number of carbonyl (C=O) groups is 3. The Balaban J connectivity index is 2.34. The molecular weight excluding hydrogens is 324 g/mol. The minimum Gasteiger partial charge on any atom is -0.462 e. The van der Waals surface area contributed by atoms with Crippen LogP contribution in [0.5, 0.6) is 0 Å². The standard InChI is InChI=1S/C19H28O6/c1-10-6-7-16(23-13(4)20)12(3)17(24-14(5)21)9-15-11(2)19(22)25-18(15)8-10/h8,11-12,15-18H,6-7,9H2,1-5H3/t11-,12?,15-,16?,17?,18+/m0/s1. The number of ether oxygens (including phenoxy) is 3. The molecule has 0 aromatic carbocycles. The first-order valence-corrected chi connectivity index (χ1v) is 8.91. The van der Waals surface area contributed by atoms with Crippen molar-refractivity contribution in [1.29, 1.82) is 0 Å². The molecule has 140 valence electrons. The van der Waals surface area contributed by atoms with Crippen molar-refractivity contribution in [2.75, 3.05) is 0 Å². The second kappa shape index (κ2) is 8.02. The van der Waals surface area contributed by atoms with E-state index in [2.05, 4.69) is 0 Å². The molecule has 1 saturated heterocycles. The quantitative estimate of drug-likeness (QED) is 0.432. The zero-order chi connectivity index (χ0) is 18.7. The molecule has 0 saturated carbocycles. The second-order valence-corrected chi connectivity index (χ2v) is 7.30. The Morgan fingerprint density at radius 3 is 2.32 bits per heavy atom. The molecule has 1 aliphatic carbocycles. The van der Waals surface area contributed by atoms with Crippen LogP contribution in [0.3, 0.4) is 0 Å². The van der Waals surface area contributed by atoms with E-state index in [1.807, 2.05) is 26.8 Å². The zero-order valence-electron chi connectivity index (χ0n) is 15.6. The molecule has 1 fully saturated rings. The predicted octanol–water partition coefficient (Wildman–Crippen LogP) is 2.79. The van der Waals surface area contributed by atoms with Crippen molar-refractivity contribution < 1.29 is 28.6 Å². The number of fused-ring (bicyclic) bond motifs is 1. The van der Waals surface area contributed by atoms with E-state index >= 15 is 0 Å². The van der Waals surface area contributed by atoms with Crippen LogP contribution in [0.25, 0.3) is 0 Å². The molecule has 0 N–H and O–H groups in total. The van der Waals surface area contributed by atoms with Crippen molar-refractivity contribution >= 4 is 17.9 Å². The highest BCUT2D eigenvalue weighted by molar-refractivity contribution is 5.75. The number of hydrogen-bond donors (Lipinski definition) is 0. The maximum absolute atomic E-state index is 12.0. The van der Waals surface area contributed by atoms with Crippen LogP contribution >= 0.6 is 0 Å². The van der Waals surface area contributed by atoms with Gasteiger partial charge in [0.1, 0.15) is 18.3 Å². The van der Waals surface area contributed by atoms with Crippen molar-refractivity contribution in [3.63, 3.8) is 0 Å². The average Bonchev–Trinajstić information content (AvgIpc) is 2.76. The fourth-order valence-electron chi connectivity index (χ4n) is 3.75. The molecular formula is C19H28O6. The van der Waals surface area contributed by atoms with Crippen LogP contribution in [0, 0.1) is 17.8 Å². The molecule has 0 radical (unpaired) electrons. The lowest BCUT2D eigenvalue weighted by atomic mass is 9.80. The van der Waals surface area contributed by atoms with Gasteiger partial charge in [-0.25, -0.2) is 0 Å². The molecule has 2 aliphatic rings. The van der Waals surface area contributed by atoms with Crippen LogP contribution in [0.2, 0.25) is 0 Å². The molecule has 0 bridgehead atoms. The van der Waals surface area contributed by atoms with Crippen LogP contribution < -0.4 is 0 Å². The molecule has 1 aliphatic heterocycles. The van der Waals surface area contributed by atoms with Crippen molar-refractivity contribution in [2.24, 2.45) is 17.8 Å². The summed E-state index contributed by atoms with van der Waals surface area (Å²) in [4.78, 5) is 35.1. The van der Waals surface area contributed by atoms with Gasteiger partial charge in [0.05, 0.1) is 5.92 Å². The van der Waals surface area contributed by atoms with E-state index in [1.54, 1.807) is 0 Å². The molecule has 6 heteroatoms. The van der Waals surface area contributed by atoms with Gasteiger partial charge in [0.25, 0.3) is 0 Å². The van der Waals surface area contributed by atoms with Gasteiger partial charge in [-0.2, -0.15) is 0 Å². The topological polar surface area (TPSA) is 78.9 Å². The highest BCUT2D eigenvalue weighted by atomic mass is 16.6. The smallest absolute Gasteiger partial charge is 0.309 e. The van der Waals surface area contributed by atoms with Crippen LogP contribution in [0.1, 0.15) is 53.9 Å². The van der Waals surface area contributed by atoms with E-state index in [1.165, 1.54) is 13.8 Å². The minimum absolute atomic E-state index is 0.0645. The summed E-state index contributed by atoms with van der Waals surface area (Å²) < 4.78 is 16.6. The third-order valence-corrected chi connectivity index (χ3v) is 5.27. The van der Waals surface area contributed by atoms with Gasteiger partial charge in [0.2, 0.25) is 0 Å². The summed E-state index contributed by atoms with van der Waals surface area (Å²) in [5.74, 6) is -1.43. The number of allylic oxidation sites excluding steroid dienone is 1. The summed E-state index contributed by atoms with van der Waals surface area (Å²) in [7, 11) is 0. The first-order valence-electron chi connectivity index (χ1n) is 8.91. The largest absolute Gasteiger partial charge is 0.462 e. The monoisotopic (exact) mass is 352 g/mol. The molecule has 1 heterocycles.